The van der Waals surface area contributed by atoms with Crippen molar-refractivity contribution in [3.8, 4) is 5.75 Å². The van der Waals surface area contributed by atoms with Crippen molar-refractivity contribution in [2.75, 3.05) is 51.8 Å². The summed E-state index contributed by atoms with van der Waals surface area (Å²) in [6, 6.07) is 7.28. The normalized spacial score (nSPS) is 20.0. The minimum Gasteiger partial charge on any atom is -0.490 e. The van der Waals surface area contributed by atoms with Crippen LogP contribution in [0.15, 0.2) is 24.3 Å². The third kappa shape index (κ3) is 4.96. The Labute approximate surface area is 165 Å². The molecule has 0 aliphatic carbocycles. The van der Waals surface area contributed by atoms with Crippen molar-refractivity contribution in [2.45, 2.75) is 18.9 Å². The topological polar surface area (TPSA) is 70.2 Å². The third-order valence-corrected chi connectivity index (χ3v) is 7.77. The van der Waals surface area contributed by atoms with Gasteiger partial charge < -0.3 is 9.64 Å². The van der Waals surface area contributed by atoms with Crippen LogP contribution in [0, 0.1) is 0 Å². The van der Waals surface area contributed by atoms with E-state index in [4.69, 9.17) is 4.74 Å². The second kappa shape index (κ2) is 8.81. The highest BCUT2D eigenvalue weighted by molar-refractivity contribution is 7.99. The number of rotatable bonds is 5. The molecule has 2 aliphatic heterocycles. The molecule has 2 heterocycles. The zero-order valence-corrected chi connectivity index (χ0v) is 17.5. The van der Waals surface area contributed by atoms with Crippen molar-refractivity contribution in [3.63, 3.8) is 0 Å². The SMILES string of the molecule is CN(C)S(=O)(=O)N1CCC(Oc2ccc(C(=O)N3CCSCC3)cc2)CC1. The highest BCUT2D eigenvalue weighted by Crippen LogP contribution is 2.22. The van der Waals surface area contributed by atoms with Gasteiger partial charge in [0.2, 0.25) is 0 Å². The van der Waals surface area contributed by atoms with Gasteiger partial charge in [0.15, 0.2) is 0 Å². The molecule has 0 saturated carbocycles. The van der Waals surface area contributed by atoms with Gasteiger partial charge in [0.25, 0.3) is 16.1 Å². The number of nitrogens with zero attached hydrogens (tertiary/aromatic N) is 3. The molecule has 9 heteroatoms. The summed E-state index contributed by atoms with van der Waals surface area (Å²) in [5, 5.41) is 0. The summed E-state index contributed by atoms with van der Waals surface area (Å²) in [5.74, 6) is 2.78. The van der Waals surface area contributed by atoms with E-state index in [1.165, 1.54) is 8.61 Å². The number of piperidine rings is 1. The second-order valence-corrected chi connectivity index (χ2v) is 10.3. The first kappa shape index (κ1) is 20.4. The first-order chi connectivity index (χ1) is 12.9. The molecule has 1 aromatic rings. The van der Waals surface area contributed by atoms with Crippen LogP contribution >= 0.6 is 11.8 Å². The fraction of sp³-hybridized carbons (Fsp3) is 0.611. The van der Waals surface area contributed by atoms with Crippen LogP contribution in [0.1, 0.15) is 23.2 Å². The van der Waals surface area contributed by atoms with Crippen molar-refractivity contribution < 1.29 is 17.9 Å². The van der Waals surface area contributed by atoms with E-state index in [0.717, 1.165) is 30.3 Å². The molecule has 2 aliphatic rings. The van der Waals surface area contributed by atoms with Crippen LogP contribution in [0.4, 0.5) is 0 Å². The molecule has 0 radical (unpaired) electrons. The Balaban J connectivity index is 1.53. The Morgan fingerprint density at radius 1 is 1.07 bits per heavy atom. The number of hydrogen-bond donors (Lipinski definition) is 0. The zero-order chi connectivity index (χ0) is 19.4. The van der Waals surface area contributed by atoms with Crippen molar-refractivity contribution in [1.29, 1.82) is 0 Å². The van der Waals surface area contributed by atoms with Crippen molar-refractivity contribution in [1.82, 2.24) is 13.5 Å². The molecule has 3 rings (SSSR count). The highest BCUT2D eigenvalue weighted by atomic mass is 32.2. The van der Waals surface area contributed by atoms with Crippen LogP contribution in [0.3, 0.4) is 0 Å². The zero-order valence-electron chi connectivity index (χ0n) is 15.8. The summed E-state index contributed by atoms with van der Waals surface area (Å²) in [6.45, 7) is 2.51. The quantitative estimate of drug-likeness (QED) is 0.732. The standard InChI is InChI=1S/C18H27N3O4S2/c1-19(2)27(23,24)21-9-7-17(8-10-21)25-16-5-3-15(4-6-16)18(22)20-11-13-26-14-12-20/h3-6,17H,7-14H2,1-2H3. The molecule has 0 spiro atoms. The fourth-order valence-electron chi connectivity index (χ4n) is 3.23. The lowest BCUT2D eigenvalue weighted by Crippen LogP contribution is -2.46. The smallest absolute Gasteiger partial charge is 0.281 e. The minimum atomic E-state index is -3.35. The van der Waals surface area contributed by atoms with Crippen LogP contribution in [0.2, 0.25) is 0 Å². The number of ether oxygens (including phenoxy) is 1. The predicted molar refractivity (Wildman–Crippen MR) is 108 cm³/mol. The molecule has 0 unspecified atom stereocenters. The average Bonchev–Trinajstić information content (AvgIpc) is 2.69. The number of benzene rings is 1. The van der Waals surface area contributed by atoms with Crippen LogP contribution in [0.5, 0.6) is 5.75 Å². The number of hydrogen-bond acceptors (Lipinski definition) is 5. The van der Waals surface area contributed by atoms with Crippen LogP contribution in [0.25, 0.3) is 0 Å². The van der Waals surface area contributed by atoms with Gasteiger partial charge in [-0.15, -0.1) is 0 Å². The van der Waals surface area contributed by atoms with Gasteiger partial charge >= 0.3 is 0 Å². The van der Waals surface area contributed by atoms with E-state index in [1.54, 1.807) is 14.1 Å². The van der Waals surface area contributed by atoms with Crippen LogP contribution in [-0.2, 0) is 10.2 Å². The first-order valence-electron chi connectivity index (χ1n) is 9.19. The van der Waals surface area contributed by atoms with Gasteiger partial charge in [0, 0.05) is 57.3 Å². The van der Waals surface area contributed by atoms with Gasteiger partial charge in [0.05, 0.1) is 0 Å². The molecule has 0 atom stereocenters. The van der Waals surface area contributed by atoms with Gasteiger partial charge in [-0.3, -0.25) is 4.79 Å². The number of thioether (sulfide) groups is 1. The monoisotopic (exact) mass is 413 g/mol. The Kier molecular flexibility index (Phi) is 6.67. The molecule has 27 heavy (non-hydrogen) atoms. The van der Waals surface area contributed by atoms with Crippen molar-refractivity contribution in [3.05, 3.63) is 29.8 Å². The number of carbonyl (C=O) groups is 1. The summed E-state index contributed by atoms with van der Waals surface area (Å²) < 4.78 is 33.0. The molecule has 2 fully saturated rings. The van der Waals surface area contributed by atoms with Gasteiger partial charge in [-0.1, -0.05) is 0 Å². The maximum Gasteiger partial charge on any atom is 0.281 e. The fourth-order valence-corrected chi connectivity index (χ4v) is 5.27. The molecule has 0 aromatic heterocycles. The molecule has 0 bridgehead atoms. The Bertz CT molecular complexity index is 738. The molecule has 2 saturated heterocycles. The van der Waals surface area contributed by atoms with Crippen molar-refractivity contribution in [2.24, 2.45) is 0 Å². The Hall–Kier alpha value is -1.29. The van der Waals surface area contributed by atoms with E-state index in [0.29, 0.717) is 31.5 Å². The predicted octanol–water partition coefficient (Wildman–Crippen LogP) is 1.53. The average molecular weight is 414 g/mol. The van der Waals surface area contributed by atoms with E-state index < -0.39 is 10.2 Å². The maximum absolute atomic E-state index is 12.5. The second-order valence-electron chi connectivity index (χ2n) is 6.94. The molecule has 1 aromatic carbocycles. The summed E-state index contributed by atoms with van der Waals surface area (Å²) in [6.07, 6.45) is 1.29. The van der Waals surface area contributed by atoms with E-state index in [-0.39, 0.29) is 12.0 Å². The van der Waals surface area contributed by atoms with Crippen molar-refractivity contribution >= 4 is 27.9 Å². The lowest BCUT2D eigenvalue weighted by molar-refractivity contribution is 0.0772. The lowest BCUT2D eigenvalue weighted by Gasteiger charge is -2.32. The number of carbonyl (C=O) groups excluding carboxylic acids is 1. The summed E-state index contributed by atoms with van der Waals surface area (Å²) >= 11 is 1.88. The summed E-state index contributed by atoms with van der Waals surface area (Å²) in [5.41, 5.74) is 0.682. The first-order valence-corrected chi connectivity index (χ1v) is 11.7. The van der Waals surface area contributed by atoms with Gasteiger partial charge in [0.1, 0.15) is 11.9 Å². The maximum atomic E-state index is 12.5. The van der Waals surface area contributed by atoms with Gasteiger partial charge in [-0.2, -0.15) is 28.8 Å². The third-order valence-electron chi connectivity index (χ3n) is 4.89. The Morgan fingerprint density at radius 2 is 1.67 bits per heavy atom. The summed E-state index contributed by atoms with van der Waals surface area (Å²) in [7, 11) is -0.264. The molecular formula is C18H27N3O4S2. The highest BCUT2D eigenvalue weighted by Gasteiger charge is 2.30. The minimum absolute atomic E-state index is 0.0146. The molecule has 0 N–H and O–H groups in total. The van der Waals surface area contributed by atoms with Gasteiger partial charge in [-0.25, -0.2) is 0 Å². The largest absolute Gasteiger partial charge is 0.490 e. The van der Waals surface area contributed by atoms with Crippen LogP contribution < -0.4 is 4.74 Å². The van der Waals surface area contributed by atoms with E-state index in [9.17, 15) is 13.2 Å². The molecule has 150 valence electrons. The van der Waals surface area contributed by atoms with Crippen LogP contribution in [-0.4, -0.2) is 85.7 Å². The lowest BCUT2D eigenvalue weighted by atomic mass is 10.1. The van der Waals surface area contributed by atoms with E-state index in [2.05, 4.69) is 0 Å². The van der Waals surface area contributed by atoms with E-state index in [1.807, 2.05) is 40.9 Å². The number of amides is 1. The molecule has 1 amide bonds. The summed E-state index contributed by atoms with van der Waals surface area (Å²) in [4.78, 5) is 14.4. The van der Waals surface area contributed by atoms with Gasteiger partial charge in [-0.05, 0) is 37.1 Å². The molecule has 7 nitrogen and oxygen atoms in total. The Morgan fingerprint density at radius 3 is 2.22 bits per heavy atom. The molecular weight excluding hydrogens is 386 g/mol. The van der Waals surface area contributed by atoms with E-state index >= 15 is 0 Å².